The zero-order valence-corrected chi connectivity index (χ0v) is 12.6. The van der Waals surface area contributed by atoms with Crippen molar-refractivity contribution in [3.8, 4) is 10.7 Å². The third kappa shape index (κ3) is 3.07. The molecule has 2 rings (SSSR count). The van der Waals surface area contributed by atoms with E-state index in [9.17, 15) is 0 Å². The Labute approximate surface area is 119 Å². The van der Waals surface area contributed by atoms with Gasteiger partial charge in [0.15, 0.2) is 5.82 Å². The van der Waals surface area contributed by atoms with Crippen LogP contribution in [0.3, 0.4) is 0 Å². The van der Waals surface area contributed by atoms with Crippen LogP contribution in [0.5, 0.6) is 0 Å². The Morgan fingerprint density at radius 1 is 1.44 bits per heavy atom. The second kappa shape index (κ2) is 6.26. The normalized spacial score (nSPS) is 10.6. The Bertz CT molecular complexity index is 506. The number of thiophene rings is 1. The van der Waals surface area contributed by atoms with E-state index in [4.69, 9.17) is 4.74 Å². The largest absolute Gasteiger partial charge is 0.378 e. The van der Waals surface area contributed by atoms with Crippen LogP contribution in [0, 0.1) is 0 Å². The van der Waals surface area contributed by atoms with Crippen LogP contribution in [0.25, 0.3) is 10.7 Å². The van der Waals surface area contributed by atoms with Crippen LogP contribution in [-0.2, 0) is 11.3 Å². The van der Waals surface area contributed by atoms with Gasteiger partial charge in [-0.2, -0.15) is 0 Å². The molecule has 0 unspecified atom stereocenters. The minimum Gasteiger partial charge on any atom is -0.378 e. The van der Waals surface area contributed by atoms with Gasteiger partial charge in [0, 0.05) is 24.2 Å². The van der Waals surface area contributed by atoms with Crippen LogP contribution in [0.15, 0.2) is 22.0 Å². The summed E-state index contributed by atoms with van der Waals surface area (Å²) in [6, 6.07) is 3.91. The van der Waals surface area contributed by atoms with Gasteiger partial charge >= 0.3 is 0 Å². The number of methoxy groups -OCH3 is 1. The summed E-state index contributed by atoms with van der Waals surface area (Å²) in [4.78, 5) is 10.1. The van der Waals surface area contributed by atoms with Crippen molar-refractivity contribution in [3.05, 3.63) is 27.7 Å². The molecule has 0 radical (unpaired) electrons. The first-order valence-corrected chi connectivity index (χ1v) is 7.26. The molecule has 0 aliphatic rings. The van der Waals surface area contributed by atoms with E-state index in [-0.39, 0.29) is 0 Å². The maximum Gasteiger partial charge on any atom is 0.173 e. The maximum absolute atomic E-state index is 5.14. The maximum atomic E-state index is 5.14. The molecule has 2 aromatic heterocycles. The lowest BCUT2D eigenvalue weighted by Crippen LogP contribution is -2.04. The first-order valence-electron chi connectivity index (χ1n) is 5.58. The van der Waals surface area contributed by atoms with E-state index in [0.717, 1.165) is 33.2 Å². The van der Waals surface area contributed by atoms with Crippen LogP contribution in [-0.4, -0.2) is 23.6 Å². The Hall–Kier alpha value is -0.980. The van der Waals surface area contributed by atoms with Crippen molar-refractivity contribution in [2.24, 2.45) is 0 Å². The lowest BCUT2D eigenvalue weighted by Gasteiger charge is -2.08. The first-order chi connectivity index (χ1) is 8.74. The molecule has 96 valence electrons. The van der Waals surface area contributed by atoms with Gasteiger partial charge in [0.05, 0.1) is 17.2 Å². The van der Waals surface area contributed by atoms with E-state index in [0.29, 0.717) is 6.61 Å². The highest BCUT2D eigenvalue weighted by atomic mass is 79.9. The molecular weight excluding hydrogens is 314 g/mol. The summed E-state index contributed by atoms with van der Waals surface area (Å²) < 4.78 is 6.16. The number of halogens is 1. The van der Waals surface area contributed by atoms with E-state index in [2.05, 4.69) is 31.2 Å². The fraction of sp³-hybridized carbons (Fsp3) is 0.333. The Morgan fingerprint density at radius 3 is 2.89 bits per heavy atom. The van der Waals surface area contributed by atoms with E-state index in [1.807, 2.05) is 24.4 Å². The van der Waals surface area contributed by atoms with Gasteiger partial charge in [-0.3, -0.25) is 0 Å². The summed E-state index contributed by atoms with van der Waals surface area (Å²) in [6.45, 7) is 3.35. The van der Waals surface area contributed by atoms with Crippen LogP contribution >= 0.6 is 27.3 Å². The highest BCUT2D eigenvalue weighted by Crippen LogP contribution is 2.31. The second-order valence-corrected chi connectivity index (χ2v) is 5.40. The Morgan fingerprint density at radius 2 is 2.28 bits per heavy atom. The van der Waals surface area contributed by atoms with E-state index in [1.165, 1.54) is 0 Å². The molecule has 0 atom stereocenters. The van der Waals surface area contributed by atoms with E-state index in [1.54, 1.807) is 18.4 Å². The number of nitrogens with zero attached hydrogens (tertiary/aromatic N) is 2. The number of anilines is 1. The minimum absolute atomic E-state index is 0.483. The van der Waals surface area contributed by atoms with Crippen molar-refractivity contribution in [2.75, 3.05) is 19.0 Å². The molecule has 0 aliphatic heterocycles. The number of hydrogen-bond donors (Lipinski definition) is 1. The molecule has 0 spiro atoms. The summed E-state index contributed by atoms with van der Waals surface area (Å²) in [7, 11) is 1.66. The van der Waals surface area contributed by atoms with Gasteiger partial charge in [-0.25, -0.2) is 9.97 Å². The Kier molecular flexibility index (Phi) is 4.68. The summed E-state index contributed by atoms with van der Waals surface area (Å²) in [5, 5.41) is 5.22. The molecule has 0 fully saturated rings. The van der Waals surface area contributed by atoms with Crippen LogP contribution in [0.2, 0.25) is 0 Å². The van der Waals surface area contributed by atoms with E-state index < -0.39 is 0 Å². The first kappa shape index (κ1) is 13.5. The lowest BCUT2D eigenvalue weighted by molar-refractivity contribution is 0.181. The van der Waals surface area contributed by atoms with Crippen molar-refractivity contribution < 1.29 is 4.74 Å². The average Bonchev–Trinajstić information content (AvgIpc) is 2.76. The number of aromatic nitrogens is 2. The minimum atomic E-state index is 0.483. The van der Waals surface area contributed by atoms with Gasteiger partial charge in [0.2, 0.25) is 0 Å². The zero-order chi connectivity index (χ0) is 13.0. The highest BCUT2D eigenvalue weighted by molar-refractivity contribution is 9.10. The topological polar surface area (TPSA) is 47.0 Å². The smallest absolute Gasteiger partial charge is 0.173 e. The molecule has 0 aromatic carbocycles. The standard InChI is InChI=1S/C12H14BrN3OS/c1-3-14-10-6-8(7-17-2)15-12(16-10)11-9(13)4-5-18-11/h4-6H,3,7H2,1-2H3,(H,14,15,16). The zero-order valence-electron chi connectivity index (χ0n) is 10.2. The predicted molar refractivity (Wildman–Crippen MR) is 77.9 cm³/mol. The van der Waals surface area contributed by atoms with Crippen molar-refractivity contribution in [2.45, 2.75) is 13.5 Å². The van der Waals surface area contributed by atoms with Crippen LogP contribution in [0.4, 0.5) is 5.82 Å². The summed E-state index contributed by atoms with van der Waals surface area (Å²) >= 11 is 5.12. The molecule has 4 nitrogen and oxygen atoms in total. The molecule has 18 heavy (non-hydrogen) atoms. The molecule has 0 saturated heterocycles. The van der Waals surface area contributed by atoms with Crippen molar-refractivity contribution in [3.63, 3.8) is 0 Å². The van der Waals surface area contributed by atoms with Gasteiger partial charge in [0.25, 0.3) is 0 Å². The molecule has 2 aromatic rings. The van der Waals surface area contributed by atoms with Gasteiger partial charge in [-0.15, -0.1) is 11.3 Å². The van der Waals surface area contributed by atoms with Gasteiger partial charge in [-0.05, 0) is 34.3 Å². The fourth-order valence-corrected chi connectivity index (χ4v) is 3.03. The molecule has 2 heterocycles. The quantitative estimate of drug-likeness (QED) is 0.912. The number of hydrogen-bond acceptors (Lipinski definition) is 5. The van der Waals surface area contributed by atoms with Gasteiger partial charge < -0.3 is 10.1 Å². The molecule has 0 bridgehead atoms. The third-order valence-corrected chi connectivity index (χ3v) is 4.08. The predicted octanol–water partition coefficient (Wildman–Crippen LogP) is 3.55. The van der Waals surface area contributed by atoms with E-state index >= 15 is 0 Å². The summed E-state index contributed by atoms with van der Waals surface area (Å²) in [6.07, 6.45) is 0. The number of rotatable bonds is 5. The van der Waals surface area contributed by atoms with Crippen molar-refractivity contribution in [1.29, 1.82) is 0 Å². The third-order valence-electron chi connectivity index (χ3n) is 2.25. The lowest BCUT2D eigenvalue weighted by atomic mass is 10.3. The SMILES string of the molecule is CCNc1cc(COC)nc(-c2sccc2Br)n1. The second-order valence-electron chi connectivity index (χ2n) is 3.63. The summed E-state index contributed by atoms with van der Waals surface area (Å²) in [5.41, 5.74) is 0.874. The van der Waals surface area contributed by atoms with Gasteiger partial charge in [0.1, 0.15) is 5.82 Å². The molecule has 6 heteroatoms. The number of nitrogens with one attached hydrogen (secondary N) is 1. The van der Waals surface area contributed by atoms with Gasteiger partial charge in [-0.1, -0.05) is 0 Å². The monoisotopic (exact) mass is 327 g/mol. The summed E-state index contributed by atoms with van der Waals surface area (Å²) in [5.74, 6) is 1.55. The highest BCUT2D eigenvalue weighted by Gasteiger charge is 2.11. The average molecular weight is 328 g/mol. The molecule has 0 saturated carbocycles. The number of ether oxygens (including phenoxy) is 1. The van der Waals surface area contributed by atoms with Crippen molar-refractivity contribution >= 4 is 33.1 Å². The molecule has 0 aliphatic carbocycles. The van der Waals surface area contributed by atoms with Crippen LogP contribution < -0.4 is 5.32 Å². The molecular formula is C12H14BrN3OS. The van der Waals surface area contributed by atoms with Crippen molar-refractivity contribution in [1.82, 2.24) is 9.97 Å². The molecule has 1 N–H and O–H groups in total. The Balaban J connectivity index is 2.42. The van der Waals surface area contributed by atoms with Crippen LogP contribution in [0.1, 0.15) is 12.6 Å². The molecule has 0 amide bonds. The fourth-order valence-electron chi connectivity index (χ4n) is 1.55.